The topological polar surface area (TPSA) is 24.9 Å². The molecule has 2 aromatic carbocycles. The van der Waals surface area contributed by atoms with Crippen LogP contribution in [0.4, 0.5) is 0 Å². The zero-order valence-electron chi connectivity index (χ0n) is 16.5. The Balaban J connectivity index is 1.34. The Morgan fingerprint density at radius 3 is 2.68 bits per heavy atom. The number of hydrogen-bond acceptors (Lipinski definition) is 4. The van der Waals surface area contributed by atoms with E-state index in [1.807, 2.05) is 0 Å². The van der Waals surface area contributed by atoms with Crippen LogP contribution in [-0.4, -0.2) is 48.3 Å². The van der Waals surface area contributed by atoms with Gasteiger partial charge >= 0.3 is 0 Å². The van der Waals surface area contributed by atoms with Crippen molar-refractivity contribution in [3.63, 3.8) is 0 Å². The summed E-state index contributed by atoms with van der Waals surface area (Å²) in [5.74, 6) is 3.20. The number of likely N-dealkylation sites (tertiary alicyclic amines) is 1. The van der Waals surface area contributed by atoms with Gasteiger partial charge in [0.15, 0.2) is 11.5 Å². The normalized spacial score (nSPS) is 33.2. The molecule has 0 amide bonds. The summed E-state index contributed by atoms with van der Waals surface area (Å²) in [5, 5.41) is 0. The van der Waals surface area contributed by atoms with E-state index in [1.165, 1.54) is 42.6 Å². The molecule has 0 aromatic heterocycles. The molecule has 2 aromatic rings. The van der Waals surface area contributed by atoms with Crippen molar-refractivity contribution in [2.24, 2.45) is 5.92 Å². The maximum Gasteiger partial charge on any atom is 0.231 e. The van der Waals surface area contributed by atoms with Gasteiger partial charge in [-0.15, -0.1) is 0 Å². The minimum absolute atomic E-state index is 0.350. The number of fused-ring (bicyclic) bond motifs is 3. The zero-order chi connectivity index (χ0) is 18.7. The van der Waals surface area contributed by atoms with Gasteiger partial charge in [0.05, 0.1) is 0 Å². The largest absolute Gasteiger partial charge is 0.454 e. The summed E-state index contributed by atoms with van der Waals surface area (Å²) in [4.78, 5) is 5.56. The van der Waals surface area contributed by atoms with Gasteiger partial charge in [-0.05, 0) is 62.0 Å². The molecule has 7 rings (SSSR count). The van der Waals surface area contributed by atoms with Crippen LogP contribution in [0.1, 0.15) is 35.4 Å². The van der Waals surface area contributed by atoms with Crippen LogP contribution >= 0.6 is 0 Å². The maximum atomic E-state index is 5.68. The minimum Gasteiger partial charge on any atom is -0.454 e. The van der Waals surface area contributed by atoms with Gasteiger partial charge in [-0.25, -0.2) is 0 Å². The van der Waals surface area contributed by atoms with E-state index in [9.17, 15) is 0 Å². The lowest BCUT2D eigenvalue weighted by atomic mass is 9.75. The minimum atomic E-state index is 0.350. The Labute approximate surface area is 167 Å². The molecule has 5 heterocycles. The van der Waals surface area contributed by atoms with Gasteiger partial charge in [-0.3, -0.25) is 9.80 Å². The third-order valence-electron chi connectivity index (χ3n) is 7.39. The van der Waals surface area contributed by atoms with E-state index < -0.39 is 0 Å². The van der Waals surface area contributed by atoms with Crippen molar-refractivity contribution in [1.29, 1.82) is 0 Å². The van der Waals surface area contributed by atoms with Gasteiger partial charge in [0, 0.05) is 31.1 Å². The van der Waals surface area contributed by atoms with Crippen LogP contribution in [0.5, 0.6) is 11.5 Å². The van der Waals surface area contributed by atoms with Gasteiger partial charge < -0.3 is 9.47 Å². The fourth-order valence-corrected chi connectivity index (χ4v) is 6.20. The first-order chi connectivity index (χ1) is 13.8. The number of piperidine rings is 3. The van der Waals surface area contributed by atoms with Crippen molar-refractivity contribution >= 4 is 0 Å². The quantitative estimate of drug-likeness (QED) is 0.814. The first-order valence-electron chi connectivity index (χ1n) is 10.7. The lowest BCUT2D eigenvalue weighted by molar-refractivity contribution is -0.00869. The summed E-state index contributed by atoms with van der Waals surface area (Å²) in [7, 11) is 0. The Bertz CT molecular complexity index is 890. The molecule has 28 heavy (non-hydrogen) atoms. The lowest BCUT2D eigenvalue weighted by Crippen LogP contribution is -2.59. The second-order valence-electron chi connectivity index (χ2n) is 8.99. The molecular weight excluding hydrogens is 348 g/mol. The summed E-state index contributed by atoms with van der Waals surface area (Å²) in [6.45, 7) is 7.28. The Kier molecular flexibility index (Phi) is 3.92. The van der Waals surface area contributed by atoms with Crippen LogP contribution in [-0.2, 0) is 6.54 Å². The highest BCUT2D eigenvalue weighted by Crippen LogP contribution is 2.48. The molecule has 0 spiro atoms. The van der Waals surface area contributed by atoms with Crippen molar-refractivity contribution in [2.45, 2.75) is 44.3 Å². The first-order valence-corrected chi connectivity index (χ1v) is 10.7. The summed E-state index contributed by atoms with van der Waals surface area (Å²) in [5.41, 5.74) is 4.22. The van der Waals surface area contributed by atoms with Crippen molar-refractivity contribution < 1.29 is 9.47 Å². The number of rotatable bonds is 3. The fraction of sp³-hybridized carbons (Fsp3) is 0.500. The van der Waals surface area contributed by atoms with Crippen LogP contribution in [0, 0.1) is 12.8 Å². The molecule has 2 bridgehead atoms. The van der Waals surface area contributed by atoms with E-state index in [2.05, 4.69) is 59.2 Å². The molecule has 0 saturated carbocycles. The Morgan fingerprint density at radius 1 is 0.964 bits per heavy atom. The van der Waals surface area contributed by atoms with E-state index >= 15 is 0 Å². The molecule has 4 nitrogen and oxygen atoms in total. The standard InChI is InChI=1S/C24H28N2O2/c1-16-3-2-4-17(11-16)13-26-14-20(19-5-6-21-22(12-19)28-15-27-21)24-23(26)18-7-9-25(24)10-8-18/h2-6,11-12,18,20,23-24H,7-10,13-15H2,1H3/t20-,23+,24+/m1/s1. The molecule has 0 unspecified atom stereocenters. The number of benzene rings is 2. The molecule has 3 atom stereocenters. The average Bonchev–Trinajstić information content (AvgIpc) is 3.34. The smallest absolute Gasteiger partial charge is 0.231 e. The van der Waals surface area contributed by atoms with E-state index in [-0.39, 0.29) is 0 Å². The third-order valence-corrected chi connectivity index (χ3v) is 7.39. The van der Waals surface area contributed by atoms with Gasteiger partial charge in [-0.2, -0.15) is 0 Å². The van der Waals surface area contributed by atoms with Gasteiger partial charge in [0.2, 0.25) is 6.79 Å². The predicted octanol–water partition coefficient (Wildman–Crippen LogP) is 3.79. The summed E-state index contributed by atoms with van der Waals surface area (Å²) < 4.78 is 11.2. The molecule has 146 valence electrons. The Hall–Kier alpha value is -2.04. The van der Waals surface area contributed by atoms with Crippen molar-refractivity contribution in [2.75, 3.05) is 26.4 Å². The van der Waals surface area contributed by atoms with Crippen molar-refractivity contribution in [3.05, 3.63) is 59.2 Å². The molecule has 5 aliphatic rings. The highest BCUT2D eigenvalue weighted by Gasteiger charge is 2.53. The van der Waals surface area contributed by atoms with E-state index in [0.717, 1.165) is 30.5 Å². The average molecular weight is 377 g/mol. The second kappa shape index (κ2) is 6.50. The van der Waals surface area contributed by atoms with Crippen molar-refractivity contribution in [1.82, 2.24) is 9.80 Å². The van der Waals surface area contributed by atoms with Crippen LogP contribution in [0.25, 0.3) is 0 Å². The summed E-state index contributed by atoms with van der Waals surface area (Å²) in [6.07, 6.45) is 2.72. The van der Waals surface area contributed by atoms with Crippen LogP contribution < -0.4 is 9.47 Å². The number of nitrogens with zero attached hydrogens (tertiary/aromatic N) is 2. The third kappa shape index (κ3) is 2.66. The molecule has 4 heteroatoms. The lowest BCUT2D eigenvalue weighted by Gasteiger charge is -2.51. The summed E-state index contributed by atoms with van der Waals surface area (Å²) in [6, 6.07) is 17.0. The van der Waals surface area contributed by atoms with E-state index in [4.69, 9.17) is 9.47 Å². The second-order valence-corrected chi connectivity index (χ2v) is 8.99. The fourth-order valence-electron chi connectivity index (χ4n) is 6.20. The number of aryl methyl sites for hydroxylation is 1. The number of ether oxygens (including phenoxy) is 2. The van der Waals surface area contributed by atoms with Crippen LogP contribution in [0.2, 0.25) is 0 Å². The van der Waals surface area contributed by atoms with Crippen molar-refractivity contribution in [3.8, 4) is 11.5 Å². The van der Waals surface area contributed by atoms with Gasteiger partial charge in [-0.1, -0.05) is 35.9 Å². The molecule has 0 radical (unpaired) electrons. The predicted molar refractivity (Wildman–Crippen MR) is 109 cm³/mol. The SMILES string of the molecule is Cc1cccc(CN2C[C@H](c3ccc4c(c3)OCO4)[C@H]3[C@@H]2C2CCN3CC2)c1. The van der Waals surface area contributed by atoms with Gasteiger partial charge in [0.25, 0.3) is 0 Å². The maximum absolute atomic E-state index is 5.68. The monoisotopic (exact) mass is 376 g/mol. The Morgan fingerprint density at radius 2 is 1.82 bits per heavy atom. The van der Waals surface area contributed by atoms with E-state index in [1.54, 1.807) is 0 Å². The highest BCUT2D eigenvalue weighted by molar-refractivity contribution is 5.46. The van der Waals surface area contributed by atoms with E-state index in [0.29, 0.717) is 24.8 Å². The molecule has 0 N–H and O–H groups in total. The molecule has 0 aliphatic carbocycles. The first kappa shape index (κ1) is 16.9. The highest BCUT2D eigenvalue weighted by atomic mass is 16.7. The van der Waals surface area contributed by atoms with Gasteiger partial charge in [0.1, 0.15) is 0 Å². The van der Waals surface area contributed by atoms with Crippen LogP contribution in [0.3, 0.4) is 0 Å². The molecule has 5 aliphatic heterocycles. The van der Waals surface area contributed by atoms with Crippen LogP contribution in [0.15, 0.2) is 42.5 Å². The number of hydrogen-bond donors (Lipinski definition) is 0. The molecule has 4 saturated heterocycles. The summed E-state index contributed by atoms with van der Waals surface area (Å²) >= 11 is 0. The molecule has 4 fully saturated rings. The zero-order valence-corrected chi connectivity index (χ0v) is 16.5. The molecular formula is C24H28N2O2.